The maximum absolute atomic E-state index is 12.0. The molecular formula is C14H16BrNO4. The SMILES string of the molecule is CC1CN(C(=O)COc2cccc(Br)c2)CC1C(=O)O. The van der Waals surface area contributed by atoms with Gasteiger partial charge in [0, 0.05) is 17.6 Å². The van der Waals surface area contributed by atoms with Crippen molar-refractivity contribution in [2.75, 3.05) is 19.7 Å². The molecule has 1 aliphatic rings. The molecule has 1 amide bonds. The van der Waals surface area contributed by atoms with Crippen LogP contribution in [0.1, 0.15) is 6.92 Å². The molecule has 2 rings (SSSR count). The van der Waals surface area contributed by atoms with Gasteiger partial charge in [0.25, 0.3) is 5.91 Å². The number of likely N-dealkylation sites (tertiary alicyclic amines) is 1. The fourth-order valence-electron chi connectivity index (χ4n) is 2.29. The third-order valence-electron chi connectivity index (χ3n) is 3.44. The molecule has 0 spiro atoms. The van der Waals surface area contributed by atoms with Crippen LogP contribution in [0, 0.1) is 11.8 Å². The molecule has 2 unspecified atom stereocenters. The Morgan fingerprint density at radius 3 is 2.80 bits per heavy atom. The summed E-state index contributed by atoms with van der Waals surface area (Å²) in [5, 5.41) is 9.05. The first-order valence-corrected chi connectivity index (χ1v) is 7.15. The highest BCUT2D eigenvalue weighted by Crippen LogP contribution is 2.23. The van der Waals surface area contributed by atoms with E-state index < -0.39 is 11.9 Å². The maximum atomic E-state index is 12.0. The van der Waals surface area contributed by atoms with Gasteiger partial charge in [0.2, 0.25) is 0 Å². The quantitative estimate of drug-likeness (QED) is 0.909. The van der Waals surface area contributed by atoms with Gasteiger partial charge in [0.1, 0.15) is 5.75 Å². The van der Waals surface area contributed by atoms with Crippen LogP contribution in [0.3, 0.4) is 0 Å². The minimum atomic E-state index is -0.847. The van der Waals surface area contributed by atoms with Gasteiger partial charge in [0.15, 0.2) is 6.61 Å². The molecule has 0 radical (unpaired) electrons. The van der Waals surface area contributed by atoms with E-state index in [1.807, 2.05) is 19.1 Å². The van der Waals surface area contributed by atoms with Gasteiger partial charge in [-0.25, -0.2) is 0 Å². The summed E-state index contributed by atoms with van der Waals surface area (Å²) in [6.45, 7) is 2.51. The first kappa shape index (κ1) is 14.8. The van der Waals surface area contributed by atoms with Crippen LogP contribution in [-0.4, -0.2) is 41.6 Å². The van der Waals surface area contributed by atoms with Crippen LogP contribution < -0.4 is 4.74 Å². The lowest BCUT2D eigenvalue weighted by atomic mass is 9.99. The number of rotatable bonds is 4. The third-order valence-corrected chi connectivity index (χ3v) is 3.93. The molecule has 0 aromatic heterocycles. The lowest BCUT2D eigenvalue weighted by Gasteiger charge is -2.16. The smallest absolute Gasteiger partial charge is 0.308 e. The number of hydrogen-bond acceptors (Lipinski definition) is 3. The Labute approximate surface area is 125 Å². The van der Waals surface area contributed by atoms with Crippen LogP contribution in [-0.2, 0) is 9.59 Å². The second-order valence-corrected chi connectivity index (χ2v) is 5.88. The summed E-state index contributed by atoms with van der Waals surface area (Å²) < 4.78 is 6.30. The molecule has 1 aliphatic heterocycles. The highest BCUT2D eigenvalue weighted by molar-refractivity contribution is 9.10. The molecule has 0 aliphatic carbocycles. The topological polar surface area (TPSA) is 66.8 Å². The Kier molecular flexibility index (Phi) is 4.65. The van der Waals surface area contributed by atoms with Gasteiger partial charge in [-0.2, -0.15) is 0 Å². The van der Waals surface area contributed by atoms with Gasteiger partial charge in [-0.15, -0.1) is 0 Å². The number of ether oxygens (including phenoxy) is 1. The normalized spacial score (nSPS) is 21.8. The Morgan fingerprint density at radius 2 is 2.20 bits per heavy atom. The summed E-state index contributed by atoms with van der Waals surface area (Å²) in [4.78, 5) is 24.6. The number of nitrogens with zero attached hydrogens (tertiary/aromatic N) is 1. The van der Waals surface area contributed by atoms with Gasteiger partial charge >= 0.3 is 5.97 Å². The zero-order valence-corrected chi connectivity index (χ0v) is 12.7. The Bertz CT molecular complexity index is 520. The molecule has 1 heterocycles. The van der Waals surface area contributed by atoms with Gasteiger partial charge in [-0.3, -0.25) is 9.59 Å². The molecule has 1 saturated heterocycles. The molecule has 2 atom stereocenters. The van der Waals surface area contributed by atoms with Crippen LogP contribution in [0.4, 0.5) is 0 Å². The van der Waals surface area contributed by atoms with E-state index in [-0.39, 0.29) is 25.0 Å². The molecular weight excluding hydrogens is 326 g/mol. The minimum Gasteiger partial charge on any atom is -0.484 e. The lowest BCUT2D eigenvalue weighted by Crippen LogP contribution is -2.33. The van der Waals surface area contributed by atoms with Crippen molar-refractivity contribution in [2.45, 2.75) is 6.92 Å². The largest absolute Gasteiger partial charge is 0.484 e. The number of carboxylic acids is 1. The van der Waals surface area contributed by atoms with E-state index in [9.17, 15) is 9.59 Å². The molecule has 5 nitrogen and oxygen atoms in total. The van der Waals surface area contributed by atoms with E-state index >= 15 is 0 Å². The van der Waals surface area contributed by atoms with E-state index in [1.54, 1.807) is 17.0 Å². The highest BCUT2D eigenvalue weighted by Gasteiger charge is 2.36. The van der Waals surface area contributed by atoms with Gasteiger partial charge in [-0.05, 0) is 24.1 Å². The van der Waals surface area contributed by atoms with Crippen LogP contribution in [0.2, 0.25) is 0 Å². The van der Waals surface area contributed by atoms with Crippen molar-refractivity contribution in [3.05, 3.63) is 28.7 Å². The average Bonchev–Trinajstić information content (AvgIpc) is 2.78. The number of carbonyl (C=O) groups is 2. The van der Waals surface area contributed by atoms with Crippen molar-refractivity contribution in [2.24, 2.45) is 11.8 Å². The maximum Gasteiger partial charge on any atom is 0.308 e. The molecule has 1 aromatic rings. The molecule has 0 saturated carbocycles. The summed E-state index contributed by atoms with van der Waals surface area (Å²) in [7, 11) is 0. The van der Waals surface area contributed by atoms with E-state index in [2.05, 4.69) is 15.9 Å². The number of carboxylic acid groups (broad SMARTS) is 1. The van der Waals surface area contributed by atoms with Crippen molar-refractivity contribution >= 4 is 27.8 Å². The van der Waals surface area contributed by atoms with E-state index in [1.165, 1.54) is 0 Å². The van der Waals surface area contributed by atoms with Crippen molar-refractivity contribution in [3.8, 4) is 5.75 Å². The predicted molar refractivity (Wildman–Crippen MR) is 76.5 cm³/mol. The van der Waals surface area contributed by atoms with Gasteiger partial charge in [-0.1, -0.05) is 28.9 Å². The van der Waals surface area contributed by atoms with E-state index in [0.29, 0.717) is 12.3 Å². The fraction of sp³-hybridized carbons (Fsp3) is 0.429. The molecule has 0 bridgehead atoms. The molecule has 1 aromatic carbocycles. The molecule has 108 valence electrons. The van der Waals surface area contributed by atoms with Crippen molar-refractivity contribution < 1.29 is 19.4 Å². The number of benzene rings is 1. The van der Waals surface area contributed by atoms with Crippen LogP contribution in [0.15, 0.2) is 28.7 Å². The third kappa shape index (κ3) is 3.50. The lowest BCUT2D eigenvalue weighted by molar-refractivity contribution is -0.142. The van der Waals surface area contributed by atoms with Gasteiger partial charge in [0.05, 0.1) is 5.92 Å². The number of aliphatic carboxylic acids is 1. The Morgan fingerprint density at radius 1 is 1.45 bits per heavy atom. The van der Waals surface area contributed by atoms with Crippen molar-refractivity contribution in [3.63, 3.8) is 0 Å². The number of carbonyl (C=O) groups excluding carboxylic acids is 1. The first-order valence-electron chi connectivity index (χ1n) is 6.36. The minimum absolute atomic E-state index is 0.0256. The van der Waals surface area contributed by atoms with E-state index in [4.69, 9.17) is 9.84 Å². The summed E-state index contributed by atoms with van der Waals surface area (Å²) in [6.07, 6.45) is 0. The zero-order chi connectivity index (χ0) is 14.7. The molecule has 1 fully saturated rings. The number of hydrogen-bond donors (Lipinski definition) is 1. The van der Waals surface area contributed by atoms with E-state index in [0.717, 1.165) is 4.47 Å². The number of amides is 1. The summed E-state index contributed by atoms with van der Waals surface area (Å²) >= 11 is 3.33. The summed E-state index contributed by atoms with van der Waals surface area (Å²) in [5.41, 5.74) is 0. The summed E-state index contributed by atoms with van der Waals surface area (Å²) in [6, 6.07) is 7.24. The molecule has 1 N–H and O–H groups in total. The second kappa shape index (κ2) is 6.26. The van der Waals surface area contributed by atoms with Crippen molar-refractivity contribution in [1.29, 1.82) is 0 Å². The highest BCUT2D eigenvalue weighted by atomic mass is 79.9. The molecule has 6 heteroatoms. The van der Waals surface area contributed by atoms with Crippen LogP contribution in [0.5, 0.6) is 5.75 Å². The predicted octanol–water partition coefficient (Wildman–Crippen LogP) is 2.01. The van der Waals surface area contributed by atoms with Crippen molar-refractivity contribution in [1.82, 2.24) is 4.90 Å². The first-order chi connectivity index (χ1) is 9.47. The fourth-order valence-corrected chi connectivity index (χ4v) is 2.66. The monoisotopic (exact) mass is 341 g/mol. The van der Waals surface area contributed by atoms with Gasteiger partial charge < -0.3 is 14.7 Å². The molecule has 20 heavy (non-hydrogen) atoms. The average molecular weight is 342 g/mol. The Balaban J connectivity index is 1.88. The summed E-state index contributed by atoms with van der Waals surface area (Å²) in [5.74, 6) is -0.928. The number of halogens is 1. The standard InChI is InChI=1S/C14H16BrNO4/c1-9-6-16(7-12(9)14(18)19)13(17)8-20-11-4-2-3-10(15)5-11/h2-5,9,12H,6-8H2,1H3,(H,18,19). The Hall–Kier alpha value is -1.56. The van der Waals surface area contributed by atoms with Crippen LogP contribution >= 0.6 is 15.9 Å². The van der Waals surface area contributed by atoms with Crippen LogP contribution in [0.25, 0.3) is 0 Å². The zero-order valence-electron chi connectivity index (χ0n) is 11.1. The second-order valence-electron chi connectivity index (χ2n) is 4.97.